The fourth-order valence-electron chi connectivity index (χ4n) is 7.46. The zero-order chi connectivity index (χ0) is 32.3. The molecule has 3 nitrogen and oxygen atoms in total. The van der Waals surface area contributed by atoms with Crippen LogP contribution in [0, 0.1) is 0 Å². The van der Waals surface area contributed by atoms with Crippen LogP contribution >= 0.6 is 0 Å². The van der Waals surface area contributed by atoms with Gasteiger partial charge in [-0.1, -0.05) is 115 Å². The Morgan fingerprint density at radius 3 is 1.96 bits per heavy atom. The topological polar surface area (TPSA) is 21.3 Å². The SMILES string of the molecule is c1ccc(N(c2ccc(-c3ccc4c(c3)c3ccccc3n4-c3ccc4ccccc4c3)cc2)c2cccc3c2oc2ccccc23)cc1. The summed E-state index contributed by atoms with van der Waals surface area (Å²) in [6.45, 7) is 0. The van der Waals surface area contributed by atoms with Crippen molar-refractivity contribution in [2.75, 3.05) is 4.90 Å². The van der Waals surface area contributed by atoms with Crippen LogP contribution in [0.25, 0.3) is 71.3 Å². The first kappa shape index (κ1) is 27.5. The monoisotopic (exact) mass is 626 g/mol. The molecule has 0 atom stereocenters. The molecule has 0 aliphatic heterocycles. The molecule has 3 heteroatoms. The van der Waals surface area contributed by atoms with Crippen LogP contribution in [0.4, 0.5) is 17.1 Å². The average molecular weight is 627 g/mol. The summed E-state index contributed by atoms with van der Waals surface area (Å²) in [5.74, 6) is 0. The molecule has 0 amide bonds. The van der Waals surface area contributed by atoms with E-state index >= 15 is 0 Å². The Kier molecular flexibility index (Phi) is 6.18. The number of fused-ring (bicyclic) bond motifs is 7. The average Bonchev–Trinajstić information content (AvgIpc) is 3.72. The molecule has 0 saturated carbocycles. The van der Waals surface area contributed by atoms with Crippen molar-refractivity contribution in [1.82, 2.24) is 4.57 Å². The van der Waals surface area contributed by atoms with Gasteiger partial charge in [0.15, 0.2) is 5.58 Å². The number of hydrogen-bond donors (Lipinski definition) is 0. The molecule has 0 bridgehead atoms. The lowest BCUT2D eigenvalue weighted by molar-refractivity contribution is 0.669. The Morgan fingerprint density at radius 2 is 1.08 bits per heavy atom. The van der Waals surface area contributed by atoms with Crippen molar-refractivity contribution in [3.63, 3.8) is 0 Å². The van der Waals surface area contributed by atoms with Crippen molar-refractivity contribution in [3.05, 3.63) is 182 Å². The fourth-order valence-corrected chi connectivity index (χ4v) is 7.46. The Bertz CT molecular complexity index is 2830. The van der Waals surface area contributed by atoms with Crippen molar-refractivity contribution < 1.29 is 4.42 Å². The second kappa shape index (κ2) is 11.0. The highest BCUT2D eigenvalue weighted by Crippen LogP contribution is 2.43. The minimum atomic E-state index is 0.880. The molecule has 0 aliphatic carbocycles. The summed E-state index contributed by atoms with van der Waals surface area (Å²) in [6, 6.07) is 64.9. The van der Waals surface area contributed by atoms with Gasteiger partial charge < -0.3 is 13.9 Å². The number of anilines is 3. The van der Waals surface area contributed by atoms with Gasteiger partial charge in [-0.3, -0.25) is 0 Å². The van der Waals surface area contributed by atoms with Gasteiger partial charge in [-0.05, 0) is 88.6 Å². The molecule has 0 radical (unpaired) electrons. The third-order valence-electron chi connectivity index (χ3n) is 9.76. The summed E-state index contributed by atoms with van der Waals surface area (Å²) < 4.78 is 8.88. The van der Waals surface area contributed by atoms with E-state index in [9.17, 15) is 0 Å². The number of nitrogens with zero attached hydrogens (tertiary/aromatic N) is 2. The molecular weight excluding hydrogens is 597 g/mol. The molecule has 8 aromatic carbocycles. The van der Waals surface area contributed by atoms with Gasteiger partial charge in [0.25, 0.3) is 0 Å². The van der Waals surface area contributed by atoms with Gasteiger partial charge in [0.05, 0.1) is 16.7 Å². The fraction of sp³-hybridized carbons (Fsp3) is 0. The van der Waals surface area contributed by atoms with E-state index in [1.165, 1.54) is 49.4 Å². The maximum absolute atomic E-state index is 6.49. The zero-order valence-corrected chi connectivity index (χ0v) is 26.6. The normalized spacial score (nSPS) is 11.7. The molecule has 2 aromatic heterocycles. The van der Waals surface area contributed by atoms with E-state index in [2.05, 4.69) is 179 Å². The molecule has 0 saturated heterocycles. The van der Waals surface area contributed by atoms with Gasteiger partial charge in [-0.15, -0.1) is 0 Å². The zero-order valence-electron chi connectivity index (χ0n) is 26.6. The predicted octanol–water partition coefficient (Wildman–Crippen LogP) is 13.0. The van der Waals surface area contributed by atoms with Crippen molar-refractivity contribution >= 4 is 71.6 Å². The van der Waals surface area contributed by atoms with E-state index < -0.39 is 0 Å². The quantitative estimate of drug-likeness (QED) is 0.190. The van der Waals surface area contributed by atoms with Crippen LogP contribution in [0.2, 0.25) is 0 Å². The van der Waals surface area contributed by atoms with E-state index in [0.29, 0.717) is 0 Å². The minimum absolute atomic E-state index is 0.880. The van der Waals surface area contributed by atoms with E-state index in [-0.39, 0.29) is 0 Å². The molecule has 49 heavy (non-hydrogen) atoms. The molecule has 0 aliphatic rings. The maximum Gasteiger partial charge on any atom is 0.159 e. The number of rotatable bonds is 5. The van der Waals surface area contributed by atoms with Gasteiger partial charge >= 0.3 is 0 Å². The molecule has 0 N–H and O–H groups in total. The summed E-state index contributed by atoms with van der Waals surface area (Å²) in [6.07, 6.45) is 0. The molecule has 0 fully saturated rings. The lowest BCUT2D eigenvalue weighted by Gasteiger charge is -2.25. The number of aromatic nitrogens is 1. The van der Waals surface area contributed by atoms with Gasteiger partial charge in [0, 0.05) is 38.6 Å². The van der Waals surface area contributed by atoms with E-state index in [1.54, 1.807) is 0 Å². The van der Waals surface area contributed by atoms with Crippen molar-refractivity contribution in [3.8, 4) is 16.8 Å². The third kappa shape index (κ3) is 4.44. The summed E-state index contributed by atoms with van der Waals surface area (Å²) >= 11 is 0. The van der Waals surface area contributed by atoms with Crippen LogP contribution in [-0.2, 0) is 0 Å². The highest BCUT2D eigenvalue weighted by atomic mass is 16.3. The number of furan rings is 1. The Hall–Kier alpha value is -6.58. The Morgan fingerprint density at radius 1 is 0.408 bits per heavy atom. The minimum Gasteiger partial charge on any atom is -0.454 e. The Labute approximate surface area is 283 Å². The highest BCUT2D eigenvalue weighted by molar-refractivity contribution is 6.11. The van der Waals surface area contributed by atoms with Gasteiger partial charge in [0.1, 0.15) is 5.58 Å². The van der Waals surface area contributed by atoms with Crippen LogP contribution in [0.15, 0.2) is 186 Å². The molecular formula is C46H30N2O. The largest absolute Gasteiger partial charge is 0.454 e. The number of hydrogen-bond acceptors (Lipinski definition) is 2. The molecule has 2 heterocycles. The molecule has 10 rings (SSSR count). The summed E-state index contributed by atoms with van der Waals surface area (Å²) in [5, 5.41) is 7.22. The van der Waals surface area contributed by atoms with Gasteiger partial charge in [0.2, 0.25) is 0 Å². The smallest absolute Gasteiger partial charge is 0.159 e. The van der Waals surface area contributed by atoms with E-state index in [0.717, 1.165) is 39.0 Å². The van der Waals surface area contributed by atoms with Crippen LogP contribution in [0.1, 0.15) is 0 Å². The summed E-state index contributed by atoms with van der Waals surface area (Å²) in [5.41, 5.74) is 10.9. The molecule has 0 spiro atoms. The molecule has 10 aromatic rings. The van der Waals surface area contributed by atoms with Crippen LogP contribution in [0.3, 0.4) is 0 Å². The van der Waals surface area contributed by atoms with Gasteiger partial charge in [-0.25, -0.2) is 0 Å². The van der Waals surface area contributed by atoms with Crippen molar-refractivity contribution in [2.24, 2.45) is 0 Å². The second-order valence-corrected chi connectivity index (χ2v) is 12.6. The van der Waals surface area contributed by atoms with Crippen LogP contribution in [0.5, 0.6) is 0 Å². The van der Waals surface area contributed by atoms with Crippen LogP contribution in [-0.4, -0.2) is 4.57 Å². The summed E-state index contributed by atoms with van der Waals surface area (Å²) in [4.78, 5) is 2.29. The highest BCUT2D eigenvalue weighted by Gasteiger charge is 2.19. The standard InChI is InChI=1S/C46H30N2O/c1-2-13-35(14-3-1)47(44-19-10-17-40-39-16-7-9-20-45(39)49-46(40)44)36-25-21-32(22-26-36)34-24-28-43-41(30-34)38-15-6-8-18-42(38)48(43)37-27-23-31-11-4-5-12-33(31)29-37/h1-30H. The second-order valence-electron chi connectivity index (χ2n) is 12.6. The first-order valence-corrected chi connectivity index (χ1v) is 16.7. The molecule has 230 valence electrons. The first-order chi connectivity index (χ1) is 24.3. The third-order valence-corrected chi connectivity index (χ3v) is 9.76. The maximum atomic E-state index is 6.49. The molecule has 0 unspecified atom stereocenters. The predicted molar refractivity (Wildman–Crippen MR) is 206 cm³/mol. The van der Waals surface area contributed by atoms with Crippen molar-refractivity contribution in [1.29, 1.82) is 0 Å². The van der Waals surface area contributed by atoms with E-state index in [4.69, 9.17) is 4.42 Å². The van der Waals surface area contributed by atoms with Gasteiger partial charge in [-0.2, -0.15) is 0 Å². The first-order valence-electron chi connectivity index (χ1n) is 16.7. The number of benzene rings is 8. The lowest BCUT2D eigenvalue weighted by Crippen LogP contribution is -2.10. The van der Waals surface area contributed by atoms with Crippen molar-refractivity contribution in [2.45, 2.75) is 0 Å². The number of para-hydroxylation sites is 4. The van der Waals surface area contributed by atoms with E-state index in [1.807, 2.05) is 12.1 Å². The van der Waals surface area contributed by atoms with Crippen LogP contribution < -0.4 is 4.90 Å². The lowest BCUT2D eigenvalue weighted by atomic mass is 10.0. The Balaban J connectivity index is 1.09. The summed E-state index contributed by atoms with van der Waals surface area (Å²) in [7, 11) is 0.